The van der Waals surface area contributed by atoms with Crippen LogP contribution in [-0.4, -0.2) is 28.0 Å². The summed E-state index contributed by atoms with van der Waals surface area (Å²) >= 11 is 5.60. The van der Waals surface area contributed by atoms with Crippen LogP contribution in [-0.2, 0) is 33.2 Å². The highest BCUT2D eigenvalue weighted by Crippen LogP contribution is 2.32. The fourth-order valence-electron chi connectivity index (χ4n) is 2.01. The fourth-order valence-corrected chi connectivity index (χ4v) is 2.22. The number of carbonyl (C=O) groups excluding carboxylic acids is 2. The Morgan fingerprint density at radius 3 is 2.30 bits per heavy atom. The van der Waals surface area contributed by atoms with Crippen LogP contribution >= 0.6 is 11.6 Å². The number of halogens is 7. The molecule has 14 heteroatoms. The number of anilines is 1. The highest BCUT2D eigenvalue weighted by Gasteiger charge is 2.32. The van der Waals surface area contributed by atoms with Gasteiger partial charge in [-0.3, -0.25) is 14.4 Å². The van der Waals surface area contributed by atoms with Gasteiger partial charge in [0.05, 0.1) is 16.1 Å². The third-order valence-electron chi connectivity index (χ3n) is 3.40. The van der Waals surface area contributed by atoms with E-state index in [1.165, 1.54) is 0 Å². The zero-order valence-electron chi connectivity index (χ0n) is 14.5. The molecule has 2 heterocycles. The number of hydrogen-bond acceptors (Lipinski definition) is 5. The standard InChI is InChI=1S/C16H10ClF6N3O4/c17-10-3-9(16(21,22)23)4-24-14(10)25-11(27)7-30-13(29)6-26-5-8(15(18,19)20)1-2-12(26)28/h1-5H,6-7H2,(H,24,25,27). The van der Waals surface area contributed by atoms with Crippen molar-refractivity contribution in [2.75, 3.05) is 11.9 Å². The third-order valence-corrected chi connectivity index (χ3v) is 3.69. The van der Waals surface area contributed by atoms with E-state index in [2.05, 4.69) is 9.72 Å². The minimum Gasteiger partial charge on any atom is -0.454 e. The monoisotopic (exact) mass is 457 g/mol. The Labute approximate surface area is 168 Å². The Kier molecular flexibility index (Phi) is 6.75. The van der Waals surface area contributed by atoms with E-state index in [1.54, 1.807) is 0 Å². The Morgan fingerprint density at radius 1 is 1.10 bits per heavy atom. The molecule has 0 atom stereocenters. The first-order chi connectivity index (χ1) is 13.8. The molecule has 7 nitrogen and oxygen atoms in total. The van der Waals surface area contributed by atoms with E-state index in [-0.39, 0.29) is 0 Å². The smallest absolute Gasteiger partial charge is 0.417 e. The molecule has 0 aromatic carbocycles. The summed E-state index contributed by atoms with van der Waals surface area (Å²) in [6.45, 7) is -1.86. The first-order valence-electron chi connectivity index (χ1n) is 7.73. The second-order valence-corrected chi connectivity index (χ2v) is 6.05. The number of alkyl halides is 6. The second-order valence-electron chi connectivity index (χ2n) is 5.64. The molecule has 0 aliphatic carbocycles. The van der Waals surface area contributed by atoms with Crippen LogP contribution in [0.5, 0.6) is 0 Å². The lowest BCUT2D eigenvalue weighted by atomic mass is 10.3. The molecule has 162 valence electrons. The minimum atomic E-state index is -4.74. The van der Waals surface area contributed by atoms with E-state index < -0.39 is 64.9 Å². The topological polar surface area (TPSA) is 90.3 Å². The molecule has 0 aliphatic rings. The largest absolute Gasteiger partial charge is 0.454 e. The van der Waals surface area contributed by atoms with Gasteiger partial charge in [0.25, 0.3) is 11.5 Å². The summed E-state index contributed by atoms with van der Waals surface area (Å²) in [4.78, 5) is 38.3. The molecule has 30 heavy (non-hydrogen) atoms. The molecular weight excluding hydrogens is 448 g/mol. The summed E-state index contributed by atoms with van der Waals surface area (Å²) in [5.41, 5.74) is -3.23. The highest BCUT2D eigenvalue weighted by molar-refractivity contribution is 6.33. The van der Waals surface area contributed by atoms with Gasteiger partial charge in [0.15, 0.2) is 12.4 Å². The Bertz CT molecular complexity index is 1020. The van der Waals surface area contributed by atoms with Crippen LogP contribution in [0.25, 0.3) is 0 Å². The number of nitrogens with one attached hydrogen (secondary N) is 1. The number of esters is 1. The molecular formula is C16H10ClF6N3O4. The van der Waals surface area contributed by atoms with Gasteiger partial charge in [0.2, 0.25) is 0 Å². The molecule has 1 amide bonds. The first kappa shape index (κ1) is 23.2. The maximum Gasteiger partial charge on any atom is 0.417 e. The molecule has 0 bridgehead atoms. The number of rotatable bonds is 5. The molecule has 2 rings (SSSR count). The van der Waals surface area contributed by atoms with Crippen molar-refractivity contribution < 1.29 is 40.7 Å². The molecule has 0 spiro atoms. The van der Waals surface area contributed by atoms with Crippen molar-refractivity contribution in [2.45, 2.75) is 18.9 Å². The quantitative estimate of drug-likeness (QED) is 0.550. The second kappa shape index (κ2) is 8.73. The zero-order chi connectivity index (χ0) is 22.7. The van der Waals surface area contributed by atoms with Crippen LogP contribution in [0, 0.1) is 0 Å². The number of ether oxygens (including phenoxy) is 1. The van der Waals surface area contributed by atoms with Crippen molar-refractivity contribution in [3.8, 4) is 0 Å². The van der Waals surface area contributed by atoms with Gasteiger partial charge in [-0.05, 0) is 12.1 Å². The van der Waals surface area contributed by atoms with Crippen molar-refractivity contribution in [3.05, 3.63) is 57.1 Å². The summed E-state index contributed by atoms with van der Waals surface area (Å²) in [6.07, 6.45) is -8.60. The lowest BCUT2D eigenvalue weighted by Gasteiger charge is -2.11. The molecule has 0 saturated carbocycles. The number of carbonyl (C=O) groups is 2. The maximum absolute atomic E-state index is 12.7. The van der Waals surface area contributed by atoms with Crippen LogP contribution in [0.2, 0.25) is 5.02 Å². The number of hydrogen-bond donors (Lipinski definition) is 1. The summed E-state index contributed by atoms with van der Waals surface area (Å²) in [5, 5.41) is 1.48. The van der Waals surface area contributed by atoms with Gasteiger partial charge in [-0.25, -0.2) is 4.98 Å². The predicted octanol–water partition coefficient (Wildman–Crippen LogP) is 3.12. The lowest BCUT2D eigenvalue weighted by Crippen LogP contribution is -2.28. The molecule has 2 aromatic heterocycles. The Hall–Kier alpha value is -3.09. The average molecular weight is 458 g/mol. The normalized spacial score (nSPS) is 11.8. The van der Waals surface area contributed by atoms with Gasteiger partial charge in [-0.15, -0.1) is 0 Å². The average Bonchev–Trinajstić information content (AvgIpc) is 2.61. The zero-order valence-corrected chi connectivity index (χ0v) is 15.2. The van der Waals surface area contributed by atoms with E-state index in [4.69, 9.17) is 11.6 Å². The molecule has 0 fully saturated rings. The Balaban J connectivity index is 1.96. The molecule has 0 aliphatic heterocycles. The van der Waals surface area contributed by atoms with Crippen LogP contribution in [0.1, 0.15) is 11.1 Å². The number of pyridine rings is 2. The lowest BCUT2D eigenvalue weighted by molar-refractivity contribution is -0.148. The molecule has 0 unspecified atom stereocenters. The van der Waals surface area contributed by atoms with Crippen molar-refractivity contribution in [2.24, 2.45) is 0 Å². The van der Waals surface area contributed by atoms with Crippen LogP contribution in [0.4, 0.5) is 32.2 Å². The molecule has 0 radical (unpaired) electrons. The van der Waals surface area contributed by atoms with E-state index in [1.807, 2.05) is 5.32 Å². The molecule has 1 N–H and O–H groups in total. The molecule has 0 saturated heterocycles. The van der Waals surface area contributed by atoms with Gasteiger partial charge in [-0.2, -0.15) is 26.3 Å². The minimum absolute atomic E-state index is 0.412. The predicted molar refractivity (Wildman–Crippen MR) is 89.5 cm³/mol. The van der Waals surface area contributed by atoms with Crippen LogP contribution in [0.15, 0.2) is 35.4 Å². The summed E-state index contributed by atoms with van der Waals surface area (Å²) in [6, 6.07) is 1.68. The number of nitrogens with zero attached hydrogens (tertiary/aromatic N) is 2. The number of amides is 1. The van der Waals surface area contributed by atoms with E-state index in [9.17, 15) is 40.7 Å². The van der Waals surface area contributed by atoms with Gasteiger partial charge in [0, 0.05) is 18.5 Å². The SMILES string of the molecule is O=C(COC(=O)Cn1cc(C(F)(F)F)ccc1=O)Nc1ncc(C(F)(F)F)cc1Cl. The summed E-state index contributed by atoms with van der Waals surface area (Å²) in [5.74, 6) is -2.67. The van der Waals surface area contributed by atoms with Gasteiger partial charge in [-0.1, -0.05) is 11.6 Å². The number of aromatic nitrogens is 2. The van der Waals surface area contributed by atoms with Crippen molar-refractivity contribution >= 4 is 29.3 Å². The van der Waals surface area contributed by atoms with E-state index in [0.29, 0.717) is 35.2 Å². The van der Waals surface area contributed by atoms with Gasteiger partial charge in [0.1, 0.15) is 6.54 Å². The van der Waals surface area contributed by atoms with Crippen LogP contribution < -0.4 is 10.9 Å². The Morgan fingerprint density at radius 2 is 1.73 bits per heavy atom. The van der Waals surface area contributed by atoms with Crippen LogP contribution in [0.3, 0.4) is 0 Å². The fraction of sp³-hybridized carbons (Fsp3) is 0.250. The van der Waals surface area contributed by atoms with E-state index in [0.717, 1.165) is 0 Å². The van der Waals surface area contributed by atoms with Crippen molar-refractivity contribution in [1.82, 2.24) is 9.55 Å². The highest BCUT2D eigenvalue weighted by atomic mass is 35.5. The maximum atomic E-state index is 12.7. The van der Waals surface area contributed by atoms with Crippen molar-refractivity contribution in [3.63, 3.8) is 0 Å². The van der Waals surface area contributed by atoms with E-state index >= 15 is 0 Å². The summed E-state index contributed by atoms with van der Waals surface area (Å²) < 4.78 is 80.6. The first-order valence-corrected chi connectivity index (χ1v) is 8.11. The summed E-state index contributed by atoms with van der Waals surface area (Å²) in [7, 11) is 0. The third kappa shape index (κ3) is 6.20. The van der Waals surface area contributed by atoms with Gasteiger partial charge >= 0.3 is 18.3 Å². The van der Waals surface area contributed by atoms with Crippen molar-refractivity contribution in [1.29, 1.82) is 0 Å². The molecule has 2 aromatic rings. The van der Waals surface area contributed by atoms with Gasteiger partial charge < -0.3 is 14.6 Å².